The maximum absolute atomic E-state index is 11.8. The number of hydrogen-bond acceptors (Lipinski definition) is 4. The van der Waals surface area contributed by atoms with Gasteiger partial charge in [0.05, 0.1) is 13.0 Å². The topological polar surface area (TPSA) is 44.8 Å². The molecule has 2 rings (SSSR count). The Morgan fingerprint density at radius 3 is 2.09 bits per heavy atom. The van der Waals surface area contributed by atoms with Crippen LogP contribution >= 0.6 is 0 Å². The van der Waals surface area contributed by atoms with Crippen molar-refractivity contribution in [1.29, 1.82) is 0 Å². The smallest absolute Gasteiger partial charge is 0.312 e. The van der Waals surface area contributed by atoms with Crippen molar-refractivity contribution in [2.75, 3.05) is 21.3 Å². The van der Waals surface area contributed by atoms with E-state index in [4.69, 9.17) is 14.2 Å². The zero-order valence-corrected chi connectivity index (χ0v) is 13.9. The standard InChI is InChI=1S/C19H22O4/c1-14(18(20)21-2)15-9-8-12-17(13-15)19(22-3,23-4)16-10-6-5-7-11-16/h5-14H,1-4H3. The van der Waals surface area contributed by atoms with Crippen LogP contribution in [0.25, 0.3) is 0 Å². The lowest BCUT2D eigenvalue weighted by Gasteiger charge is -2.32. The summed E-state index contributed by atoms with van der Waals surface area (Å²) in [7, 11) is 4.60. The molecule has 0 radical (unpaired) electrons. The Morgan fingerprint density at radius 1 is 0.913 bits per heavy atom. The third-order valence-electron chi connectivity index (χ3n) is 4.05. The van der Waals surface area contributed by atoms with Crippen molar-refractivity contribution in [3.05, 3.63) is 71.3 Å². The summed E-state index contributed by atoms with van der Waals surface area (Å²) in [6.45, 7) is 1.81. The third kappa shape index (κ3) is 3.28. The second-order valence-corrected chi connectivity index (χ2v) is 5.26. The molecular formula is C19H22O4. The van der Waals surface area contributed by atoms with Crippen LogP contribution in [-0.4, -0.2) is 27.3 Å². The molecule has 0 heterocycles. The molecule has 0 saturated carbocycles. The van der Waals surface area contributed by atoms with Crippen molar-refractivity contribution in [2.45, 2.75) is 18.6 Å². The zero-order valence-electron chi connectivity index (χ0n) is 13.9. The quantitative estimate of drug-likeness (QED) is 0.605. The number of hydrogen-bond donors (Lipinski definition) is 0. The van der Waals surface area contributed by atoms with E-state index in [0.29, 0.717) is 0 Å². The number of esters is 1. The highest BCUT2D eigenvalue weighted by atomic mass is 16.7. The molecule has 0 amide bonds. The van der Waals surface area contributed by atoms with Gasteiger partial charge in [-0.05, 0) is 18.6 Å². The first-order chi connectivity index (χ1) is 11.1. The molecule has 2 aromatic carbocycles. The van der Waals surface area contributed by atoms with Gasteiger partial charge in [0.15, 0.2) is 0 Å². The lowest BCUT2D eigenvalue weighted by Crippen LogP contribution is -2.32. The largest absolute Gasteiger partial charge is 0.469 e. The molecule has 122 valence electrons. The van der Waals surface area contributed by atoms with E-state index in [1.807, 2.05) is 61.5 Å². The van der Waals surface area contributed by atoms with Crippen molar-refractivity contribution in [3.63, 3.8) is 0 Å². The molecule has 0 aliphatic carbocycles. The van der Waals surface area contributed by atoms with E-state index in [-0.39, 0.29) is 11.9 Å². The van der Waals surface area contributed by atoms with Gasteiger partial charge in [-0.1, -0.05) is 48.5 Å². The van der Waals surface area contributed by atoms with Gasteiger partial charge >= 0.3 is 5.97 Å². The van der Waals surface area contributed by atoms with Crippen molar-refractivity contribution in [2.24, 2.45) is 0 Å². The van der Waals surface area contributed by atoms with E-state index in [0.717, 1.165) is 16.7 Å². The predicted octanol–water partition coefficient (Wildman–Crippen LogP) is 3.46. The van der Waals surface area contributed by atoms with Gasteiger partial charge < -0.3 is 14.2 Å². The summed E-state index contributed by atoms with van der Waals surface area (Å²) in [6.07, 6.45) is 0. The Hall–Kier alpha value is -2.17. The summed E-state index contributed by atoms with van der Waals surface area (Å²) in [5.74, 6) is -1.66. The van der Waals surface area contributed by atoms with E-state index in [2.05, 4.69) is 0 Å². The number of rotatable bonds is 6. The molecule has 1 unspecified atom stereocenters. The Balaban J connectivity index is 2.51. The molecule has 0 bridgehead atoms. The first-order valence-corrected chi connectivity index (χ1v) is 7.43. The lowest BCUT2D eigenvalue weighted by atomic mass is 9.92. The van der Waals surface area contributed by atoms with Crippen LogP contribution in [0.15, 0.2) is 54.6 Å². The summed E-state index contributed by atoms with van der Waals surface area (Å²) >= 11 is 0. The van der Waals surface area contributed by atoms with Crippen LogP contribution in [0, 0.1) is 0 Å². The van der Waals surface area contributed by atoms with Crippen LogP contribution in [-0.2, 0) is 24.8 Å². The number of methoxy groups -OCH3 is 3. The third-order valence-corrected chi connectivity index (χ3v) is 4.05. The fourth-order valence-electron chi connectivity index (χ4n) is 2.70. The number of ether oxygens (including phenoxy) is 3. The molecule has 0 aliphatic rings. The molecule has 0 aromatic heterocycles. The molecule has 23 heavy (non-hydrogen) atoms. The Labute approximate surface area is 137 Å². The minimum absolute atomic E-state index is 0.276. The number of benzene rings is 2. The molecule has 0 N–H and O–H groups in total. The monoisotopic (exact) mass is 314 g/mol. The normalized spacial score (nSPS) is 12.7. The average Bonchev–Trinajstić information content (AvgIpc) is 2.63. The van der Waals surface area contributed by atoms with Crippen molar-refractivity contribution in [3.8, 4) is 0 Å². The van der Waals surface area contributed by atoms with Gasteiger partial charge in [0, 0.05) is 25.3 Å². The summed E-state index contributed by atoms with van der Waals surface area (Å²) in [5.41, 5.74) is 2.55. The van der Waals surface area contributed by atoms with Gasteiger partial charge in [0.25, 0.3) is 0 Å². The molecule has 1 atom stereocenters. The average molecular weight is 314 g/mol. The maximum Gasteiger partial charge on any atom is 0.312 e. The molecule has 4 nitrogen and oxygen atoms in total. The van der Waals surface area contributed by atoms with Crippen molar-refractivity contribution in [1.82, 2.24) is 0 Å². The first kappa shape index (κ1) is 17.2. The Morgan fingerprint density at radius 2 is 1.52 bits per heavy atom. The number of carbonyl (C=O) groups is 1. The van der Waals surface area contributed by atoms with E-state index < -0.39 is 5.79 Å². The second kappa shape index (κ2) is 7.40. The van der Waals surface area contributed by atoms with Gasteiger partial charge in [-0.2, -0.15) is 0 Å². The molecular weight excluding hydrogens is 292 g/mol. The molecule has 0 saturated heterocycles. The van der Waals surface area contributed by atoms with Gasteiger partial charge in [0.2, 0.25) is 5.79 Å². The Kier molecular flexibility index (Phi) is 5.53. The molecule has 0 aliphatic heterocycles. The van der Waals surface area contributed by atoms with Gasteiger partial charge in [-0.25, -0.2) is 0 Å². The highest BCUT2D eigenvalue weighted by Gasteiger charge is 2.35. The van der Waals surface area contributed by atoms with Crippen LogP contribution in [0.4, 0.5) is 0 Å². The lowest BCUT2D eigenvalue weighted by molar-refractivity contribution is -0.183. The second-order valence-electron chi connectivity index (χ2n) is 5.26. The van der Waals surface area contributed by atoms with Crippen molar-refractivity contribution < 1.29 is 19.0 Å². The molecule has 4 heteroatoms. The van der Waals surface area contributed by atoms with Crippen LogP contribution in [0.3, 0.4) is 0 Å². The summed E-state index contributed by atoms with van der Waals surface area (Å²) < 4.78 is 16.3. The highest BCUT2D eigenvalue weighted by molar-refractivity contribution is 5.77. The van der Waals surface area contributed by atoms with Crippen molar-refractivity contribution >= 4 is 5.97 Å². The van der Waals surface area contributed by atoms with Crippen LogP contribution in [0.1, 0.15) is 29.5 Å². The van der Waals surface area contributed by atoms with Gasteiger partial charge in [-0.3, -0.25) is 4.79 Å². The fourth-order valence-corrected chi connectivity index (χ4v) is 2.70. The predicted molar refractivity (Wildman–Crippen MR) is 88.1 cm³/mol. The van der Waals surface area contributed by atoms with Crippen LogP contribution < -0.4 is 0 Å². The maximum atomic E-state index is 11.8. The summed E-state index contributed by atoms with van der Waals surface area (Å²) in [4.78, 5) is 11.8. The van der Waals surface area contributed by atoms with Crippen LogP contribution in [0.2, 0.25) is 0 Å². The summed E-state index contributed by atoms with van der Waals surface area (Å²) in [6, 6.07) is 17.3. The minimum atomic E-state index is -1.02. The van der Waals surface area contributed by atoms with Crippen LogP contribution in [0.5, 0.6) is 0 Å². The van der Waals surface area contributed by atoms with E-state index in [1.54, 1.807) is 14.2 Å². The fraction of sp³-hybridized carbons (Fsp3) is 0.316. The van der Waals surface area contributed by atoms with E-state index in [9.17, 15) is 4.79 Å². The SMILES string of the molecule is COC(=O)C(C)c1cccc(C(OC)(OC)c2ccccc2)c1. The van der Waals surface area contributed by atoms with E-state index in [1.165, 1.54) is 7.11 Å². The molecule has 2 aromatic rings. The number of carbonyl (C=O) groups excluding carboxylic acids is 1. The van der Waals surface area contributed by atoms with E-state index >= 15 is 0 Å². The zero-order chi connectivity index (χ0) is 16.9. The molecule has 0 fully saturated rings. The Bertz CT molecular complexity index is 647. The minimum Gasteiger partial charge on any atom is -0.469 e. The molecule has 0 spiro atoms. The van der Waals surface area contributed by atoms with Gasteiger partial charge in [0.1, 0.15) is 0 Å². The van der Waals surface area contributed by atoms with Gasteiger partial charge in [-0.15, -0.1) is 0 Å². The highest BCUT2D eigenvalue weighted by Crippen LogP contribution is 2.35. The first-order valence-electron chi connectivity index (χ1n) is 7.43. The summed E-state index contributed by atoms with van der Waals surface area (Å²) in [5, 5.41) is 0.